The molecule has 0 aromatic carbocycles. The average Bonchev–Trinajstić information content (AvgIpc) is 2.17. The van der Waals surface area contributed by atoms with Gasteiger partial charge in [0.25, 0.3) is 0 Å². The summed E-state index contributed by atoms with van der Waals surface area (Å²) in [7, 11) is 0. The number of hydrogen-bond donors (Lipinski definition) is 1. The third-order valence-corrected chi connectivity index (χ3v) is 4.18. The van der Waals surface area contributed by atoms with Crippen molar-refractivity contribution in [1.82, 2.24) is 4.98 Å². The Hall–Kier alpha value is -0.760. The summed E-state index contributed by atoms with van der Waals surface area (Å²) < 4.78 is 0. The van der Waals surface area contributed by atoms with Gasteiger partial charge in [-0.25, -0.2) is 4.98 Å². The lowest BCUT2D eigenvalue weighted by molar-refractivity contribution is 0.105. The van der Waals surface area contributed by atoms with Crippen molar-refractivity contribution >= 4 is 17.3 Å². The van der Waals surface area contributed by atoms with Gasteiger partial charge in [-0.1, -0.05) is 39.3 Å². The average molecular weight is 281 g/mol. The van der Waals surface area contributed by atoms with Crippen LogP contribution >= 0.6 is 11.6 Å². The molecule has 1 aliphatic carbocycles. The molecular weight excluding hydrogens is 256 g/mol. The first-order valence-electron chi connectivity index (χ1n) is 7.07. The van der Waals surface area contributed by atoms with E-state index in [0.29, 0.717) is 22.0 Å². The third-order valence-electron chi connectivity index (χ3n) is 3.97. The van der Waals surface area contributed by atoms with E-state index >= 15 is 0 Å². The Balaban J connectivity index is 2.14. The zero-order chi connectivity index (χ0) is 14.3. The molecule has 106 valence electrons. The van der Waals surface area contributed by atoms with Crippen molar-refractivity contribution in [2.45, 2.75) is 59.9 Å². The number of aromatic nitrogens is 1. The molecule has 2 nitrogen and oxygen atoms in total. The molecular formula is C16H25ClN2. The van der Waals surface area contributed by atoms with Gasteiger partial charge < -0.3 is 5.32 Å². The van der Waals surface area contributed by atoms with Crippen LogP contribution in [0.5, 0.6) is 0 Å². The summed E-state index contributed by atoms with van der Waals surface area (Å²) in [6, 6.07) is 4.41. The van der Waals surface area contributed by atoms with Gasteiger partial charge in [0.15, 0.2) is 0 Å². The number of nitrogens with one attached hydrogen (secondary N) is 1. The van der Waals surface area contributed by atoms with Crippen LogP contribution in [-0.2, 0) is 0 Å². The van der Waals surface area contributed by atoms with Crippen molar-refractivity contribution in [2.24, 2.45) is 10.8 Å². The van der Waals surface area contributed by atoms with Gasteiger partial charge in [0.05, 0.1) is 11.4 Å². The summed E-state index contributed by atoms with van der Waals surface area (Å²) in [5.74, 6) is 0. The highest BCUT2D eigenvalue weighted by atomic mass is 35.5. The second kappa shape index (κ2) is 4.97. The van der Waals surface area contributed by atoms with Crippen LogP contribution in [0.3, 0.4) is 0 Å². The molecule has 1 aromatic heterocycles. The number of pyridine rings is 1. The van der Waals surface area contributed by atoms with Gasteiger partial charge in [-0.2, -0.15) is 0 Å². The lowest BCUT2D eigenvalue weighted by atomic mass is 9.63. The van der Waals surface area contributed by atoms with E-state index in [9.17, 15) is 0 Å². The van der Waals surface area contributed by atoms with Crippen molar-refractivity contribution < 1.29 is 0 Å². The van der Waals surface area contributed by atoms with E-state index in [-0.39, 0.29) is 0 Å². The minimum Gasteiger partial charge on any atom is -0.381 e. The number of nitrogens with zero attached hydrogens (tertiary/aromatic N) is 1. The Labute approximate surface area is 122 Å². The molecule has 0 spiro atoms. The van der Waals surface area contributed by atoms with Crippen molar-refractivity contribution in [2.75, 3.05) is 5.32 Å². The molecule has 1 saturated carbocycles. The lowest BCUT2D eigenvalue weighted by Crippen LogP contribution is -2.40. The minimum atomic E-state index is 0.396. The molecule has 0 atom stereocenters. The highest BCUT2D eigenvalue weighted by molar-refractivity contribution is 6.29. The normalized spacial score (nSPS) is 22.2. The van der Waals surface area contributed by atoms with Gasteiger partial charge in [0, 0.05) is 6.04 Å². The smallest absolute Gasteiger partial charge is 0.129 e. The van der Waals surface area contributed by atoms with Crippen molar-refractivity contribution in [1.29, 1.82) is 0 Å². The van der Waals surface area contributed by atoms with Gasteiger partial charge in [-0.05, 0) is 49.1 Å². The van der Waals surface area contributed by atoms with E-state index in [1.165, 1.54) is 19.3 Å². The van der Waals surface area contributed by atoms with Gasteiger partial charge >= 0.3 is 0 Å². The number of rotatable bonds is 2. The van der Waals surface area contributed by atoms with Gasteiger partial charge in [-0.3, -0.25) is 0 Å². The Bertz CT molecular complexity index is 450. The molecule has 0 saturated heterocycles. The maximum absolute atomic E-state index is 5.91. The molecule has 1 fully saturated rings. The monoisotopic (exact) mass is 280 g/mol. The Morgan fingerprint density at radius 1 is 1.16 bits per heavy atom. The molecule has 0 radical (unpaired) electrons. The maximum atomic E-state index is 5.91. The quantitative estimate of drug-likeness (QED) is 0.766. The Morgan fingerprint density at radius 2 is 1.74 bits per heavy atom. The Morgan fingerprint density at radius 3 is 2.26 bits per heavy atom. The SMILES string of the molecule is Cc1nc(Cl)ccc1NC1CC(C)(C)CC(C)(C)C1. The van der Waals surface area contributed by atoms with Gasteiger partial charge in [-0.15, -0.1) is 0 Å². The van der Waals surface area contributed by atoms with Crippen LogP contribution in [0.2, 0.25) is 5.15 Å². The summed E-state index contributed by atoms with van der Waals surface area (Å²) in [4.78, 5) is 4.31. The van der Waals surface area contributed by atoms with Crippen LogP contribution in [0.25, 0.3) is 0 Å². The molecule has 1 heterocycles. The van der Waals surface area contributed by atoms with E-state index in [4.69, 9.17) is 11.6 Å². The van der Waals surface area contributed by atoms with Crippen molar-refractivity contribution in [3.63, 3.8) is 0 Å². The van der Waals surface area contributed by atoms with Gasteiger partial charge in [0.1, 0.15) is 5.15 Å². The zero-order valence-electron chi connectivity index (χ0n) is 12.7. The fourth-order valence-corrected chi connectivity index (χ4v) is 4.04. The first-order valence-corrected chi connectivity index (χ1v) is 7.44. The van der Waals surface area contributed by atoms with E-state index in [2.05, 4.69) is 38.0 Å². The molecule has 1 N–H and O–H groups in total. The minimum absolute atomic E-state index is 0.396. The molecule has 0 amide bonds. The molecule has 0 unspecified atom stereocenters. The topological polar surface area (TPSA) is 24.9 Å². The molecule has 0 bridgehead atoms. The highest BCUT2D eigenvalue weighted by Gasteiger charge is 2.38. The van der Waals surface area contributed by atoms with Crippen LogP contribution in [0.4, 0.5) is 5.69 Å². The third kappa shape index (κ3) is 3.85. The molecule has 1 aromatic rings. The van der Waals surface area contributed by atoms with Crippen molar-refractivity contribution in [3.05, 3.63) is 23.0 Å². The fraction of sp³-hybridized carbons (Fsp3) is 0.688. The summed E-state index contributed by atoms with van der Waals surface area (Å²) >= 11 is 5.91. The molecule has 1 aliphatic rings. The summed E-state index contributed by atoms with van der Waals surface area (Å²) in [6.45, 7) is 11.5. The summed E-state index contributed by atoms with van der Waals surface area (Å²) in [5, 5.41) is 4.23. The van der Waals surface area contributed by atoms with Crippen LogP contribution in [0.15, 0.2) is 12.1 Å². The van der Waals surface area contributed by atoms with E-state index in [1.807, 2.05) is 19.1 Å². The predicted octanol–water partition coefficient (Wildman–Crippen LogP) is 5.06. The maximum Gasteiger partial charge on any atom is 0.129 e. The lowest BCUT2D eigenvalue weighted by Gasteiger charge is -2.45. The molecule has 2 rings (SSSR count). The molecule has 19 heavy (non-hydrogen) atoms. The predicted molar refractivity (Wildman–Crippen MR) is 82.8 cm³/mol. The fourth-order valence-electron chi connectivity index (χ4n) is 3.85. The summed E-state index contributed by atoms with van der Waals surface area (Å²) in [6.07, 6.45) is 3.70. The standard InChI is InChI=1S/C16H25ClN2/c1-11-13(6-7-14(17)18-11)19-12-8-15(2,3)10-16(4,5)9-12/h6-7,12,19H,8-10H2,1-5H3. The van der Waals surface area contributed by atoms with Crippen LogP contribution in [0, 0.1) is 17.8 Å². The number of halogens is 1. The van der Waals surface area contributed by atoms with Crippen LogP contribution in [0.1, 0.15) is 52.7 Å². The van der Waals surface area contributed by atoms with E-state index < -0.39 is 0 Å². The molecule has 0 aliphatic heterocycles. The second-order valence-corrected chi connectivity index (χ2v) is 7.91. The number of aryl methyl sites for hydroxylation is 1. The second-order valence-electron chi connectivity index (χ2n) is 7.52. The zero-order valence-corrected chi connectivity index (χ0v) is 13.4. The number of anilines is 1. The van der Waals surface area contributed by atoms with Crippen LogP contribution in [-0.4, -0.2) is 11.0 Å². The first-order chi connectivity index (χ1) is 8.67. The largest absolute Gasteiger partial charge is 0.381 e. The van der Waals surface area contributed by atoms with Crippen molar-refractivity contribution in [3.8, 4) is 0 Å². The summed E-state index contributed by atoms with van der Waals surface area (Å²) in [5.41, 5.74) is 2.89. The first kappa shape index (κ1) is 14.6. The van der Waals surface area contributed by atoms with Crippen LogP contribution < -0.4 is 5.32 Å². The Kier molecular flexibility index (Phi) is 3.83. The highest BCUT2D eigenvalue weighted by Crippen LogP contribution is 2.46. The molecule has 3 heteroatoms. The van der Waals surface area contributed by atoms with Gasteiger partial charge in [0.2, 0.25) is 0 Å². The van der Waals surface area contributed by atoms with E-state index in [0.717, 1.165) is 11.4 Å². The number of hydrogen-bond acceptors (Lipinski definition) is 2. The van der Waals surface area contributed by atoms with E-state index in [1.54, 1.807) is 0 Å².